The molecule has 0 bridgehead atoms. The van der Waals surface area contributed by atoms with Crippen LogP contribution in [0.25, 0.3) is 0 Å². The number of carbonyl (C=O) groups excluding carboxylic acids is 1. The Labute approximate surface area is 117 Å². The van der Waals surface area contributed by atoms with Crippen LogP contribution in [0, 0.1) is 5.82 Å². The zero-order valence-electron chi connectivity index (χ0n) is 11.5. The van der Waals surface area contributed by atoms with Crippen molar-refractivity contribution in [3.05, 3.63) is 29.6 Å². The van der Waals surface area contributed by atoms with Crippen LogP contribution in [0.2, 0.25) is 0 Å². The Bertz CT molecular complexity index is 424. The number of benzene rings is 1. The normalized spacial score (nSPS) is 10.8. The smallest absolute Gasteiger partial charge is 0.306 e. The van der Waals surface area contributed by atoms with E-state index in [1.165, 1.54) is 24.9 Å². The van der Waals surface area contributed by atoms with E-state index in [4.69, 9.17) is 0 Å². The van der Waals surface area contributed by atoms with Crippen molar-refractivity contribution in [2.45, 2.75) is 37.8 Å². The summed E-state index contributed by atoms with van der Waals surface area (Å²) in [6.07, 6.45) is 0.328. The van der Waals surface area contributed by atoms with Gasteiger partial charge in [-0.15, -0.1) is 11.8 Å². The first-order chi connectivity index (χ1) is 9.04. The molecule has 0 aromatic heterocycles. The number of ether oxygens (including phenoxy) is 1. The summed E-state index contributed by atoms with van der Waals surface area (Å²) in [5, 5.41) is 3.21. The van der Waals surface area contributed by atoms with E-state index in [9.17, 15) is 9.18 Å². The van der Waals surface area contributed by atoms with Crippen LogP contribution in [0.3, 0.4) is 0 Å². The van der Waals surface area contributed by atoms with Crippen LogP contribution in [-0.4, -0.2) is 24.9 Å². The van der Waals surface area contributed by atoms with Crippen LogP contribution in [0.4, 0.5) is 4.39 Å². The second kappa shape index (κ2) is 8.17. The number of halogens is 1. The van der Waals surface area contributed by atoms with Gasteiger partial charge in [0.15, 0.2) is 0 Å². The molecule has 0 spiro atoms. The molecule has 1 rings (SSSR count). The van der Waals surface area contributed by atoms with Gasteiger partial charge in [-0.2, -0.15) is 0 Å². The van der Waals surface area contributed by atoms with Crippen molar-refractivity contribution in [3.63, 3.8) is 0 Å². The third-order valence-electron chi connectivity index (χ3n) is 2.55. The minimum absolute atomic E-state index is 0.212. The van der Waals surface area contributed by atoms with Gasteiger partial charge in [0.25, 0.3) is 0 Å². The van der Waals surface area contributed by atoms with Crippen LogP contribution in [0.15, 0.2) is 23.1 Å². The minimum Gasteiger partial charge on any atom is -0.469 e. The van der Waals surface area contributed by atoms with E-state index < -0.39 is 0 Å². The summed E-state index contributed by atoms with van der Waals surface area (Å²) in [4.78, 5) is 11.9. The molecule has 0 aliphatic heterocycles. The molecule has 0 amide bonds. The van der Waals surface area contributed by atoms with Gasteiger partial charge >= 0.3 is 5.97 Å². The number of nitrogens with one attached hydrogen (secondary N) is 1. The molecule has 1 N–H and O–H groups in total. The summed E-state index contributed by atoms with van der Waals surface area (Å²) in [7, 11) is 1.37. The number of rotatable bonds is 7. The lowest BCUT2D eigenvalue weighted by Gasteiger charge is -2.13. The number of methoxy groups -OCH3 is 1. The van der Waals surface area contributed by atoms with E-state index in [1.807, 2.05) is 19.9 Å². The van der Waals surface area contributed by atoms with Gasteiger partial charge in [-0.1, -0.05) is 19.9 Å². The standard InChI is InChI=1S/C14H20FNO2S/c1-10(2)16-9-11-12(15)5-4-6-13(11)19-8-7-14(17)18-3/h4-6,10,16H,7-9H2,1-3H3. The highest BCUT2D eigenvalue weighted by atomic mass is 32.2. The molecule has 106 valence electrons. The summed E-state index contributed by atoms with van der Waals surface area (Å²) in [6, 6.07) is 5.33. The van der Waals surface area contributed by atoms with Crippen LogP contribution in [-0.2, 0) is 16.1 Å². The molecule has 0 unspecified atom stereocenters. The first-order valence-corrected chi connectivity index (χ1v) is 7.23. The molecule has 0 aliphatic rings. The van der Waals surface area contributed by atoms with Gasteiger partial charge in [-0.25, -0.2) is 4.39 Å². The summed E-state index contributed by atoms with van der Waals surface area (Å²) < 4.78 is 18.4. The van der Waals surface area contributed by atoms with E-state index >= 15 is 0 Å². The van der Waals surface area contributed by atoms with Crippen LogP contribution >= 0.6 is 11.8 Å². The van der Waals surface area contributed by atoms with Gasteiger partial charge in [0.1, 0.15) is 5.82 Å². The van der Waals surface area contributed by atoms with Crippen molar-refractivity contribution in [1.82, 2.24) is 5.32 Å². The average molecular weight is 285 g/mol. The molecule has 1 aromatic carbocycles. The summed E-state index contributed by atoms with van der Waals surface area (Å²) in [6.45, 7) is 4.53. The lowest BCUT2D eigenvalue weighted by Crippen LogP contribution is -2.22. The van der Waals surface area contributed by atoms with Gasteiger partial charge in [-0.05, 0) is 12.1 Å². The topological polar surface area (TPSA) is 38.3 Å². The molecule has 0 aliphatic carbocycles. The van der Waals surface area contributed by atoms with Crippen molar-refractivity contribution in [3.8, 4) is 0 Å². The van der Waals surface area contributed by atoms with Crippen LogP contribution in [0.5, 0.6) is 0 Å². The van der Waals surface area contributed by atoms with Crippen molar-refractivity contribution < 1.29 is 13.9 Å². The Balaban J connectivity index is 2.65. The second-order valence-corrected chi connectivity index (χ2v) is 5.56. The zero-order valence-corrected chi connectivity index (χ0v) is 12.3. The van der Waals surface area contributed by atoms with Crippen molar-refractivity contribution >= 4 is 17.7 Å². The van der Waals surface area contributed by atoms with E-state index in [0.717, 1.165) is 4.90 Å². The van der Waals surface area contributed by atoms with Gasteiger partial charge in [0, 0.05) is 28.8 Å². The monoisotopic (exact) mass is 285 g/mol. The molecule has 0 saturated heterocycles. The van der Waals surface area contributed by atoms with Crippen molar-refractivity contribution in [2.24, 2.45) is 0 Å². The number of hydrogen-bond donors (Lipinski definition) is 1. The fourth-order valence-electron chi connectivity index (χ4n) is 1.50. The molecule has 0 radical (unpaired) electrons. The zero-order chi connectivity index (χ0) is 14.3. The van der Waals surface area contributed by atoms with Crippen molar-refractivity contribution in [2.75, 3.05) is 12.9 Å². The highest BCUT2D eigenvalue weighted by molar-refractivity contribution is 7.99. The molecular weight excluding hydrogens is 265 g/mol. The fourth-order valence-corrected chi connectivity index (χ4v) is 2.51. The van der Waals surface area contributed by atoms with Gasteiger partial charge in [0.05, 0.1) is 13.5 Å². The molecule has 3 nitrogen and oxygen atoms in total. The predicted molar refractivity (Wildman–Crippen MR) is 75.7 cm³/mol. The number of carbonyl (C=O) groups is 1. The maximum absolute atomic E-state index is 13.8. The van der Waals surface area contributed by atoms with Crippen LogP contribution in [0.1, 0.15) is 25.8 Å². The first kappa shape index (κ1) is 16.0. The van der Waals surface area contributed by atoms with Gasteiger partial charge < -0.3 is 10.1 Å². The molecule has 5 heteroatoms. The molecule has 1 aromatic rings. The highest BCUT2D eigenvalue weighted by Crippen LogP contribution is 2.25. The SMILES string of the molecule is COC(=O)CCSc1cccc(F)c1CNC(C)C. The Morgan fingerprint density at radius 3 is 2.84 bits per heavy atom. The Morgan fingerprint density at radius 2 is 2.21 bits per heavy atom. The lowest BCUT2D eigenvalue weighted by molar-refractivity contribution is -0.140. The summed E-state index contributed by atoms with van der Waals surface area (Å²) >= 11 is 1.48. The quantitative estimate of drug-likeness (QED) is 0.617. The van der Waals surface area contributed by atoms with E-state index in [0.29, 0.717) is 30.3 Å². The molecule has 19 heavy (non-hydrogen) atoms. The highest BCUT2D eigenvalue weighted by Gasteiger charge is 2.10. The Kier molecular flexibility index (Phi) is 6.87. The molecule has 0 heterocycles. The summed E-state index contributed by atoms with van der Waals surface area (Å²) in [5.41, 5.74) is 0.658. The third-order valence-corrected chi connectivity index (χ3v) is 3.66. The molecule has 0 saturated carbocycles. The van der Waals surface area contributed by atoms with E-state index in [-0.39, 0.29) is 11.8 Å². The minimum atomic E-state index is -0.245. The number of esters is 1. The Morgan fingerprint density at radius 1 is 1.47 bits per heavy atom. The summed E-state index contributed by atoms with van der Waals surface area (Å²) in [5.74, 6) is 0.132. The maximum atomic E-state index is 13.8. The molecule has 0 fully saturated rings. The largest absolute Gasteiger partial charge is 0.469 e. The number of thioether (sulfide) groups is 1. The van der Waals surface area contributed by atoms with Gasteiger partial charge in [-0.3, -0.25) is 4.79 Å². The van der Waals surface area contributed by atoms with Crippen molar-refractivity contribution in [1.29, 1.82) is 0 Å². The molecular formula is C14H20FNO2S. The average Bonchev–Trinajstić information content (AvgIpc) is 2.37. The first-order valence-electron chi connectivity index (χ1n) is 6.25. The van der Waals surface area contributed by atoms with E-state index in [2.05, 4.69) is 10.1 Å². The fraction of sp³-hybridized carbons (Fsp3) is 0.500. The number of hydrogen-bond acceptors (Lipinski definition) is 4. The van der Waals surface area contributed by atoms with Gasteiger partial charge in [0.2, 0.25) is 0 Å². The third kappa shape index (κ3) is 5.61. The maximum Gasteiger partial charge on any atom is 0.306 e. The second-order valence-electron chi connectivity index (χ2n) is 4.43. The predicted octanol–water partition coefficient (Wildman–Crippen LogP) is 2.98. The van der Waals surface area contributed by atoms with E-state index in [1.54, 1.807) is 6.07 Å². The lowest BCUT2D eigenvalue weighted by atomic mass is 10.2. The Hall–Kier alpha value is -1.07. The molecule has 0 atom stereocenters. The van der Waals surface area contributed by atoms with Crippen LogP contribution < -0.4 is 5.32 Å².